The highest BCUT2D eigenvalue weighted by Gasteiger charge is 2.10. The van der Waals surface area contributed by atoms with Crippen LogP contribution in [0.15, 0.2) is 57.7 Å². The molecule has 2 aromatic carbocycles. The minimum Gasteiger partial charge on any atom is -0.494 e. The minimum atomic E-state index is -0.0898. The van der Waals surface area contributed by atoms with E-state index in [4.69, 9.17) is 14.9 Å². The van der Waals surface area contributed by atoms with Crippen molar-refractivity contribution >= 4 is 16.7 Å². The number of hydrogen-bond acceptors (Lipinski definition) is 4. The van der Waals surface area contributed by atoms with Crippen LogP contribution in [-0.4, -0.2) is 6.61 Å². The fourth-order valence-electron chi connectivity index (χ4n) is 2.24. The van der Waals surface area contributed by atoms with Gasteiger partial charge in [-0.2, -0.15) is 0 Å². The number of nitrogen functional groups attached to an aromatic ring is 1. The van der Waals surface area contributed by atoms with Crippen LogP contribution >= 0.6 is 0 Å². The van der Waals surface area contributed by atoms with Gasteiger partial charge in [0.1, 0.15) is 17.1 Å². The van der Waals surface area contributed by atoms with Gasteiger partial charge in [-0.1, -0.05) is 12.1 Å². The molecule has 3 rings (SSSR count). The Kier molecular flexibility index (Phi) is 3.36. The van der Waals surface area contributed by atoms with E-state index in [0.29, 0.717) is 40.3 Å². The third-order valence-electron chi connectivity index (χ3n) is 3.24. The summed E-state index contributed by atoms with van der Waals surface area (Å²) in [6.07, 6.45) is 0. The van der Waals surface area contributed by atoms with Crippen molar-refractivity contribution in [2.75, 3.05) is 12.3 Å². The van der Waals surface area contributed by atoms with Crippen molar-refractivity contribution in [1.29, 1.82) is 0 Å². The first-order valence-corrected chi connectivity index (χ1v) is 6.74. The number of anilines is 1. The van der Waals surface area contributed by atoms with E-state index in [1.165, 1.54) is 6.07 Å². The van der Waals surface area contributed by atoms with Gasteiger partial charge in [-0.25, -0.2) is 0 Å². The van der Waals surface area contributed by atoms with Crippen LogP contribution < -0.4 is 15.9 Å². The molecule has 0 saturated carbocycles. The zero-order chi connectivity index (χ0) is 14.8. The van der Waals surface area contributed by atoms with Gasteiger partial charge < -0.3 is 14.9 Å². The fraction of sp³-hybridized carbons (Fsp3) is 0.118. The van der Waals surface area contributed by atoms with Crippen molar-refractivity contribution in [1.82, 2.24) is 0 Å². The van der Waals surface area contributed by atoms with Crippen LogP contribution in [0.3, 0.4) is 0 Å². The van der Waals surface area contributed by atoms with Gasteiger partial charge in [-0.05, 0) is 37.3 Å². The summed E-state index contributed by atoms with van der Waals surface area (Å²) in [5.41, 5.74) is 7.64. The molecule has 0 spiro atoms. The summed E-state index contributed by atoms with van der Waals surface area (Å²) in [7, 11) is 0. The molecule has 106 valence electrons. The van der Waals surface area contributed by atoms with Crippen molar-refractivity contribution in [2.24, 2.45) is 0 Å². The van der Waals surface area contributed by atoms with Gasteiger partial charge in [0.25, 0.3) is 0 Å². The maximum Gasteiger partial charge on any atom is 0.193 e. The van der Waals surface area contributed by atoms with Crippen molar-refractivity contribution < 1.29 is 9.15 Å². The highest BCUT2D eigenvalue weighted by molar-refractivity contribution is 5.81. The number of benzene rings is 2. The van der Waals surface area contributed by atoms with E-state index in [1.807, 2.05) is 19.1 Å². The van der Waals surface area contributed by atoms with Crippen LogP contribution in [0, 0.1) is 0 Å². The summed E-state index contributed by atoms with van der Waals surface area (Å²) in [5, 5.41) is 0.556. The van der Waals surface area contributed by atoms with Crippen molar-refractivity contribution in [2.45, 2.75) is 6.92 Å². The molecule has 1 aromatic heterocycles. The molecule has 0 amide bonds. The van der Waals surface area contributed by atoms with Gasteiger partial charge in [0, 0.05) is 17.3 Å². The summed E-state index contributed by atoms with van der Waals surface area (Å²) < 4.78 is 11.3. The van der Waals surface area contributed by atoms with Crippen LogP contribution in [0.4, 0.5) is 5.69 Å². The molecule has 0 saturated heterocycles. The van der Waals surface area contributed by atoms with Crippen molar-refractivity contribution in [3.8, 4) is 17.1 Å². The van der Waals surface area contributed by atoms with Gasteiger partial charge in [0.15, 0.2) is 5.43 Å². The molecule has 0 fully saturated rings. The highest BCUT2D eigenvalue weighted by Crippen LogP contribution is 2.30. The Morgan fingerprint density at radius 3 is 2.76 bits per heavy atom. The summed E-state index contributed by atoms with van der Waals surface area (Å²) in [6, 6.07) is 13.9. The highest BCUT2D eigenvalue weighted by atomic mass is 16.5. The van der Waals surface area contributed by atoms with E-state index in [0.717, 1.165) is 0 Å². The molecule has 21 heavy (non-hydrogen) atoms. The van der Waals surface area contributed by atoms with Gasteiger partial charge >= 0.3 is 0 Å². The molecule has 0 atom stereocenters. The Labute approximate surface area is 121 Å². The lowest BCUT2D eigenvalue weighted by Crippen LogP contribution is -2.01. The molecular formula is C17H15NO3. The van der Waals surface area contributed by atoms with Crippen LogP contribution in [0.1, 0.15) is 6.92 Å². The second kappa shape index (κ2) is 5.32. The number of nitrogens with two attached hydrogens (primary N) is 1. The average Bonchev–Trinajstić information content (AvgIpc) is 2.49. The van der Waals surface area contributed by atoms with Gasteiger partial charge in [0.05, 0.1) is 12.0 Å². The zero-order valence-electron chi connectivity index (χ0n) is 11.6. The number of fused-ring (bicyclic) bond motifs is 1. The molecule has 4 nitrogen and oxygen atoms in total. The average molecular weight is 281 g/mol. The molecule has 0 aliphatic carbocycles. The minimum absolute atomic E-state index is 0.0898. The number of hydrogen-bond donors (Lipinski definition) is 1. The molecular weight excluding hydrogens is 266 g/mol. The molecule has 3 aromatic rings. The Balaban J connectivity index is 2.20. The van der Waals surface area contributed by atoms with Crippen LogP contribution in [0.2, 0.25) is 0 Å². The smallest absolute Gasteiger partial charge is 0.193 e. The lowest BCUT2D eigenvalue weighted by Gasteiger charge is -2.09. The molecule has 4 heteroatoms. The van der Waals surface area contributed by atoms with Crippen LogP contribution in [0.5, 0.6) is 5.75 Å². The van der Waals surface area contributed by atoms with E-state index < -0.39 is 0 Å². The largest absolute Gasteiger partial charge is 0.494 e. The predicted octanol–water partition coefficient (Wildman–Crippen LogP) is 3.44. The Hall–Kier alpha value is -2.75. The second-order valence-corrected chi connectivity index (χ2v) is 4.65. The first-order chi connectivity index (χ1) is 10.2. The maximum absolute atomic E-state index is 12.2. The molecule has 2 N–H and O–H groups in total. The van der Waals surface area contributed by atoms with Crippen LogP contribution in [-0.2, 0) is 0 Å². The lowest BCUT2D eigenvalue weighted by molar-refractivity contribution is 0.340. The SMILES string of the molecule is CCOc1ccc(N)c(-c2cc(=O)c3ccccc3o2)c1. The number of rotatable bonds is 3. The molecule has 0 bridgehead atoms. The molecule has 1 heterocycles. The zero-order valence-corrected chi connectivity index (χ0v) is 11.6. The topological polar surface area (TPSA) is 65.5 Å². The van der Waals surface area contributed by atoms with E-state index >= 15 is 0 Å². The molecule has 0 unspecified atom stereocenters. The van der Waals surface area contributed by atoms with Crippen LogP contribution in [0.25, 0.3) is 22.3 Å². The standard InChI is InChI=1S/C17H15NO3/c1-2-20-11-7-8-14(18)13(9-11)17-10-15(19)12-5-3-4-6-16(12)21-17/h3-10H,2,18H2,1H3. The van der Waals surface area contributed by atoms with Crippen molar-refractivity contribution in [3.05, 3.63) is 58.8 Å². The molecule has 0 aliphatic rings. The first kappa shape index (κ1) is 13.2. The van der Waals surface area contributed by atoms with E-state index in [1.54, 1.807) is 30.3 Å². The summed E-state index contributed by atoms with van der Waals surface area (Å²) in [4.78, 5) is 12.2. The Morgan fingerprint density at radius 2 is 1.95 bits per heavy atom. The van der Waals surface area contributed by atoms with E-state index in [2.05, 4.69) is 0 Å². The monoisotopic (exact) mass is 281 g/mol. The summed E-state index contributed by atoms with van der Waals surface area (Å²) in [6.45, 7) is 2.47. The second-order valence-electron chi connectivity index (χ2n) is 4.65. The number of para-hydroxylation sites is 1. The van der Waals surface area contributed by atoms with E-state index in [9.17, 15) is 4.79 Å². The summed E-state index contributed by atoms with van der Waals surface area (Å²) in [5.74, 6) is 1.13. The lowest BCUT2D eigenvalue weighted by atomic mass is 10.1. The van der Waals surface area contributed by atoms with Gasteiger partial charge in [0.2, 0.25) is 0 Å². The Bertz CT molecular complexity index is 852. The maximum atomic E-state index is 12.2. The number of ether oxygens (including phenoxy) is 1. The first-order valence-electron chi connectivity index (χ1n) is 6.74. The van der Waals surface area contributed by atoms with Gasteiger partial charge in [-0.3, -0.25) is 4.79 Å². The third kappa shape index (κ3) is 2.48. The summed E-state index contributed by atoms with van der Waals surface area (Å²) >= 11 is 0. The Morgan fingerprint density at radius 1 is 1.14 bits per heavy atom. The molecule has 0 aliphatic heterocycles. The predicted molar refractivity (Wildman–Crippen MR) is 83.5 cm³/mol. The normalized spacial score (nSPS) is 10.7. The van der Waals surface area contributed by atoms with Gasteiger partial charge in [-0.15, -0.1) is 0 Å². The molecule has 0 radical (unpaired) electrons. The van der Waals surface area contributed by atoms with E-state index in [-0.39, 0.29) is 5.43 Å². The quantitative estimate of drug-likeness (QED) is 0.747. The van der Waals surface area contributed by atoms with Crippen molar-refractivity contribution in [3.63, 3.8) is 0 Å². The third-order valence-corrected chi connectivity index (χ3v) is 3.24. The fourth-order valence-corrected chi connectivity index (χ4v) is 2.24.